The Balaban J connectivity index is 1.84. The van der Waals surface area contributed by atoms with E-state index in [-0.39, 0.29) is 29.2 Å². The number of amides is 3. The highest BCUT2D eigenvalue weighted by Gasteiger charge is 2.36. The Bertz CT molecular complexity index is 921. The number of carbonyl (C=O) groups excluding carboxylic acids is 3. The lowest BCUT2D eigenvalue weighted by Gasteiger charge is -2.15. The first kappa shape index (κ1) is 18.3. The van der Waals surface area contributed by atoms with Crippen LogP contribution in [0.5, 0.6) is 0 Å². The number of carbonyl (C=O) groups is 3. The Morgan fingerprint density at radius 2 is 1.77 bits per heavy atom. The second-order valence-corrected chi connectivity index (χ2v) is 7.65. The van der Waals surface area contributed by atoms with E-state index in [9.17, 15) is 14.4 Å². The van der Waals surface area contributed by atoms with Crippen LogP contribution in [0.2, 0.25) is 0 Å². The fraction of sp³-hybridized carbons (Fsp3) is 0.250. The molecule has 1 heterocycles. The van der Waals surface area contributed by atoms with Crippen molar-refractivity contribution in [2.24, 2.45) is 5.92 Å². The van der Waals surface area contributed by atoms with Gasteiger partial charge in [0.25, 0.3) is 17.7 Å². The number of aryl methyl sites for hydroxylation is 1. The normalized spacial score (nSPS) is 13.3. The molecule has 3 rings (SSSR count). The summed E-state index contributed by atoms with van der Waals surface area (Å²) in [6.07, 6.45) is 0. The molecular weight excluding hydrogens is 396 g/mol. The number of hydrogen-bond acceptors (Lipinski definition) is 3. The minimum Gasteiger partial charge on any atom is -0.322 e. The molecule has 2 aromatic rings. The molecule has 1 aliphatic rings. The summed E-state index contributed by atoms with van der Waals surface area (Å²) in [5.74, 6) is -0.778. The van der Waals surface area contributed by atoms with Gasteiger partial charge < -0.3 is 5.32 Å². The van der Waals surface area contributed by atoms with Gasteiger partial charge in [-0.05, 0) is 54.8 Å². The molecule has 0 bridgehead atoms. The topological polar surface area (TPSA) is 66.5 Å². The van der Waals surface area contributed by atoms with Crippen molar-refractivity contribution < 1.29 is 14.4 Å². The smallest absolute Gasteiger partial charge is 0.261 e. The van der Waals surface area contributed by atoms with Crippen LogP contribution in [-0.2, 0) is 0 Å². The fourth-order valence-electron chi connectivity index (χ4n) is 2.89. The number of nitrogens with one attached hydrogen (secondary N) is 1. The van der Waals surface area contributed by atoms with E-state index in [0.29, 0.717) is 23.4 Å². The Morgan fingerprint density at radius 3 is 2.42 bits per heavy atom. The van der Waals surface area contributed by atoms with Crippen LogP contribution in [-0.4, -0.2) is 29.2 Å². The number of fused-ring (bicyclic) bond motifs is 1. The molecule has 0 fully saturated rings. The SMILES string of the molecule is Cc1cc(NC(=O)c2ccc3c(c2)C(=O)N(CC(C)C)C3=O)ccc1Br. The monoisotopic (exact) mass is 414 g/mol. The summed E-state index contributed by atoms with van der Waals surface area (Å²) in [5.41, 5.74) is 2.65. The summed E-state index contributed by atoms with van der Waals surface area (Å²) >= 11 is 3.42. The maximum Gasteiger partial charge on any atom is 0.261 e. The number of benzene rings is 2. The second kappa shape index (κ2) is 7.03. The van der Waals surface area contributed by atoms with Crippen LogP contribution in [0, 0.1) is 12.8 Å². The predicted octanol–water partition coefficient (Wildman–Crippen LogP) is 4.26. The summed E-state index contributed by atoms with van der Waals surface area (Å²) in [5, 5.41) is 2.82. The van der Waals surface area contributed by atoms with Gasteiger partial charge in [-0.2, -0.15) is 0 Å². The van der Waals surface area contributed by atoms with Gasteiger partial charge in [0.1, 0.15) is 0 Å². The molecule has 1 N–H and O–H groups in total. The summed E-state index contributed by atoms with van der Waals surface area (Å²) in [6, 6.07) is 10.1. The summed E-state index contributed by atoms with van der Waals surface area (Å²) in [4.78, 5) is 38.7. The van der Waals surface area contributed by atoms with E-state index in [1.54, 1.807) is 18.2 Å². The van der Waals surface area contributed by atoms with Crippen LogP contribution >= 0.6 is 15.9 Å². The zero-order valence-corrected chi connectivity index (χ0v) is 16.4. The molecule has 0 saturated heterocycles. The van der Waals surface area contributed by atoms with Crippen molar-refractivity contribution in [3.63, 3.8) is 0 Å². The molecule has 0 aliphatic carbocycles. The molecule has 0 atom stereocenters. The number of nitrogens with zero attached hydrogens (tertiary/aromatic N) is 1. The number of rotatable bonds is 4. The highest BCUT2D eigenvalue weighted by molar-refractivity contribution is 9.10. The molecule has 26 heavy (non-hydrogen) atoms. The van der Waals surface area contributed by atoms with Crippen molar-refractivity contribution in [1.29, 1.82) is 0 Å². The molecule has 6 heteroatoms. The molecule has 0 saturated carbocycles. The number of hydrogen-bond donors (Lipinski definition) is 1. The van der Waals surface area contributed by atoms with Gasteiger partial charge in [0.15, 0.2) is 0 Å². The van der Waals surface area contributed by atoms with Gasteiger partial charge in [-0.3, -0.25) is 19.3 Å². The van der Waals surface area contributed by atoms with E-state index in [1.165, 1.54) is 11.0 Å². The lowest BCUT2D eigenvalue weighted by atomic mass is 10.1. The molecule has 1 aliphatic heterocycles. The summed E-state index contributed by atoms with van der Waals surface area (Å²) in [7, 11) is 0. The zero-order chi connectivity index (χ0) is 19.0. The maximum absolute atomic E-state index is 12.5. The first-order valence-electron chi connectivity index (χ1n) is 8.35. The van der Waals surface area contributed by atoms with Crippen LogP contribution in [0.1, 0.15) is 50.5 Å². The maximum atomic E-state index is 12.5. The molecule has 2 aromatic carbocycles. The predicted molar refractivity (Wildman–Crippen MR) is 103 cm³/mol. The third kappa shape index (κ3) is 3.42. The van der Waals surface area contributed by atoms with E-state index in [4.69, 9.17) is 0 Å². The largest absolute Gasteiger partial charge is 0.322 e. The van der Waals surface area contributed by atoms with Gasteiger partial charge in [0.05, 0.1) is 11.1 Å². The minimum atomic E-state index is -0.340. The third-order valence-corrected chi connectivity index (χ3v) is 5.09. The van der Waals surface area contributed by atoms with E-state index < -0.39 is 0 Å². The van der Waals surface area contributed by atoms with Crippen LogP contribution < -0.4 is 5.32 Å². The molecular formula is C20H19BrN2O3. The van der Waals surface area contributed by atoms with E-state index >= 15 is 0 Å². The van der Waals surface area contributed by atoms with E-state index in [2.05, 4.69) is 21.2 Å². The van der Waals surface area contributed by atoms with Gasteiger partial charge in [0, 0.05) is 22.3 Å². The Kier molecular flexibility index (Phi) is 4.96. The first-order chi connectivity index (χ1) is 12.3. The quantitative estimate of drug-likeness (QED) is 0.759. The van der Waals surface area contributed by atoms with Crippen molar-refractivity contribution in [2.75, 3.05) is 11.9 Å². The van der Waals surface area contributed by atoms with Gasteiger partial charge in [-0.1, -0.05) is 29.8 Å². The average Bonchev–Trinajstić information content (AvgIpc) is 2.82. The standard InChI is InChI=1S/C20H19BrN2O3/c1-11(2)10-23-19(25)15-6-4-13(9-16(15)20(23)26)18(24)22-14-5-7-17(21)12(3)8-14/h4-9,11H,10H2,1-3H3,(H,22,24). The second-order valence-electron chi connectivity index (χ2n) is 6.79. The Labute approximate surface area is 160 Å². The van der Waals surface area contributed by atoms with Crippen molar-refractivity contribution in [3.05, 3.63) is 63.1 Å². The van der Waals surface area contributed by atoms with E-state index in [0.717, 1.165) is 10.0 Å². The fourth-order valence-corrected chi connectivity index (χ4v) is 3.14. The summed E-state index contributed by atoms with van der Waals surface area (Å²) in [6.45, 7) is 6.19. The molecule has 0 aromatic heterocycles. The molecule has 0 spiro atoms. The number of anilines is 1. The van der Waals surface area contributed by atoms with Crippen molar-refractivity contribution in [2.45, 2.75) is 20.8 Å². The lowest BCUT2D eigenvalue weighted by molar-refractivity contribution is 0.0636. The van der Waals surface area contributed by atoms with Crippen molar-refractivity contribution in [3.8, 4) is 0 Å². The Morgan fingerprint density at radius 1 is 1.08 bits per heavy atom. The minimum absolute atomic E-state index is 0.181. The van der Waals surface area contributed by atoms with Crippen LogP contribution in [0.3, 0.4) is 0 Å². The van der Waals surface area contributed by atoms with Gasteiger partial charge in [-0.15, -0.1) is 0 Å². The number of halogens is 1. The molecule has 3 amide bonds. The van der Waals surface area contributed by atoms with Crippen molar-refractivity contribution >= 4 is 39.3 Å². The van der Waals surface area contributed by atoms with Gasteiger partial charge in [-0.25, -0.2) is 0 Å². The van der Waals surface area contributed by atoms with E-state index in [1.807, 2.05) is 32.9 Å². The summed E-state index contributed by atoms with van der Waals surface area (Å²) < 4.78 is 0.961. The van der Waals surface area contributed by atoms with Crippen LogP contribution in [0.25, 0.3) is 0 Å². The van der Waals surface area contributed by atoms with Crippen molar-refractivity contribution in [1.82, 2.24) is 4.90 Å². The Hall–Kier alpha value is -2.47. The van der Waals surface area contributed by atoms with Gasteiger partial charge >= 0.3 is 0 Å². The molecule has 5 nitrogen and oxygen atoms in total. The zero-order valence-electron chi connectivity index (χ0n) is 14.8. The number of imide groups is 1. The molecule has 0 radical (unpaired) electrons. The molecule has 0 unspecified atom stereocenters. The average molecular weight is 415 g/mol. The highest BCUT2D eigenvalue weighted by Crippen LogP contribution is 2.26. The lowest BCUT2D eigenvalue weighted by Crippen LogP contribution is -2.33. The molecule has 134 valence electrons. The van der Waals surface area contributed by atoms with Gasteiger partial charge in [0.2, 0.25) is 0 Å². The van der Waals surface area contributed by atoms with Crippen LogP contribution in [0.4, 0.5) is 5.69 Å². The third-order valence-electron chi connectivity index (χ3n) is 4.20. The first-order valence-corrected chi connectivity index (χ1v) is 9.15. The van der Waals surface area contributed by atoms with Crippen LogP contribution in [0.15, 0.2) is 40.9 Å². The highest BCUT2D eigenvalue weighted by atomic mass is 79.9.